The van der Waals surface area contributed by atoms with Gasteiger partial charge in [-0.05, 0) is 36.4 Å². The summed E-state index contributed by atoms with van der Waals surface area (Å²) < 4.78 is 5.82. The minimum absolute atomic E-state index is 0. The van der Waals surface area contributed by atoms with Crippen molar-refractivity contribution in [3.63, 3.8) is 0 Å². The van der Waals surface area contributed by atoms with E-state index < -0.39 is 12.1 Å². The molecule has 2 rings (SSSR count). The molecule has 0 radical (unpaired) electrons. The van der Waals surface area contributed by atoms with Crippen LogP contribution in [0.1, 0.15) is 24.9 Å². The van der Waals surface area contributed by atoms with E-state index >= 15 is 0 Å². The highest BCUT2D eigenvalue weighted by Crippen LogP contribution is 2.25. The first-order valence-electron chi connectivity index (χ1n) is 8.94. The molecule has 0 aromatic heterocycles. The summed E-state index contributed by atoms with van der Waals surface area (Å²) in [6, 6.07) is 15.4. The van der Waals surface area contributed by atoms with Gasteiger partial charge in [0.1, 0.15) is 11.5 Å². The lowest BCUT2D eigenvalue weighted by Crippen LogP contribution is -2.38. The molecule has 152 valence electrons. The molecule has 0 saturated carbocycles. The second-order valence-electron chi connectivity index (χ2n) is 5.96. The van der Waals surface area contributed by atoms with Crippen molar-refractivity contribution in [1.82, 2.24) is 16.0 Å². The van der Waals surface area contributed by atoms with Crippen LogP contribution >= 0.6 is 12.4 Å². The molecule has 2 aromatic rings. The lowest BCUT2D eigenvalue weighted by Gasteiger charge is -2.18. The fourth-order valence-corrected chi connectivity index (χ4v) is 2.57. The van der Waals surface area contributed by atoms with Gasteiger partial charge in [0.15, 0.2) is 0 Å². The summed E-state index contributed by atoms with van der Waals surface area (Å²) in [5, 5.41) is 8.58. The molecule has 5 N–H and O–H groups in total. The first-order chi connectivity index (χ1) is 13.1. The van der Waals surface area contributed by atoms with Crippen LogP contribution in [0.3, 0.4) is 0 Å². The molecule has 1 atom stereocenters. The van der Waals surface area contributed by atoms with Crippen LogP contribution in [0.25, 0.3) is 0 Å². The maximum atomic E-state index is 12.2. The van der Waals surface area contributed by atoms with Crippen LogP contribution in [0, 0.1) is 0 Å². The fraction of sp³-hybridized carbons (Fsp3) is 0.300. The van der Waals surface area contributed by atoms with Crippen LogP contribution in [0.4, 0.5) is 4.79 Å². The molecule has 0 aliphatic rings. The first-order valence-corrected chi connectivity index (χ1v) is 8.94. The summed E-state index contributed by atoms with van der Waals surface area (Å²) in [6.45, 7) is 4.05. The molecule has 7 nitrogen and oxygen atoms in total. The minimum Gasteiger partial charge on any atom is -0.457 e. The Morgan fingerprint density at radius 2 is 1.75 bits per heavy atom. The van der Waals surface area contributed by atoms with Crippen molar-refractivity contribution in [2.24, 2.45) is 5.73 Å². The maximum absolute atomic E-state index is 12.2. The Hall–Kier alpha value is -2.77. The van der Waals surface area contributed by atoms with Gasteiger partial charge < -0.3 is 26.4 Å². The van der Waals surface area contributed by atoms with E-state index in [0.29, 0.717) is 24.6 Å². The smallest absolute Gasteiger partial charge is 0.312 e. The molecular weight excluding hydrogens is 380 g/mol. The number of likely N-dealkylation sites (N-methyl/N-ethyl adjacent to an activating group) is 1. The molecule has 1 unspecified atom stereocenters. The molecule has 8 heteroatoms. The summed E-state index contributed by atoms with van der Waals surface area (Å²) in [4.78, 5) is 23.6. The number of halogens is 1. The van der Waals surface area contributed by atoms with Gasteiger partial charge in [0, 0.05) is 13.1 Å². The first kappa shape index (κ1) is 23.3. The van der Waals surface area contributed by atoms with Crippen molar-refractivity contribution in [2.75, 3.05) is 19.6 Å². The van der Waals surface area contributed by atoms with Gasteiger partial charge in [-0.2, -0.15) is 0 Å². The number of para-hydroxylation sites is 1. The van der Waals surface area contributed by atoms with Gasteiger partial charge >= 0.3 is 6.03 Å². The minimum atomic E-state index is -0.685. The van der Waals surface area contributed by atoms with Crippen LogP contribution in [0.5, 0.6) is 11.5 Å². The number of rotatable bonds is 10. The zero-order valence-corrected chi connectivity index (χ0v) is 16.6. The number of urea groups is 1. The van der Waals surface area contributed by atoms with Crippen molar-refractivity contribution in [2.45, 2.75) is 19.4 Å². The van der Waals surface area contributed by atoms with Crippen molar-refractivity contribution in [1.29, 1.82) is 0 Å². The molecule has 0 bridgehead atoms. The maximum Gasteiger partial charge on any atom is 0.312 e. The Balaban J connectivity index is 0.00000392. The van der Waals surface area contributed by atoms with Crippen LogP contribution in [-0.2, 0) is 4.79 Å². The number of primary amides is 1. The highest BCUT2D eigenvalue weighted by Gasteiger charge is 2.18. The summed E-state index contributed by atoms with van der Waals surface area (Å²) >= 11 is 0. The number of hydrogen-bond acceptors (Lipinski definition) is 4. The van der Waals surface area contributed by atoms with E-state index in [4.69, 9.17) is 10.5 Å². The van der Waals surface area contributed by atoms with Crippen molar-refractivity contribution in [3.8, 4) is 11.5 Å². The van der Waals surface area contributed by atoms with Gasteiger partial charge in [-0.1, -0.05) is 37.3 Å². The number of carbonyl (C=O) groups excluding carboxylic acids is 2. The largest absolute Gasteiger partial charge is 0.457 e. The topological polar surface area (TPSA) is 105 Å². The fourth-order valence-electron chi connectivity index (χ4n) is 2.57. The third-order valence-corrected chi connectivity index (χ3v) is 3.82. The average Bonchev–Trinajstić information content (AvgIpc) is 2.65. The number of ether oxygens (including phenoxy) is 1. The third kappa shape index (κ3) is 8.28. The van der Waals surface area contributed by atoms with E-state index in [9.17, 15) is 9.59 Å². The molecule has 0 spiro atoms. The van der Waals surface area contributed by atoms with Crippen LogP contribution in [0.15, 0.2) is 54.6 Å². The SMILES string of the molecule is CCNCCNC(=O)CC(NC(N)=O)c1cccc(Oc2ccccc2)c1.Cl. The van der Waals surface area contributed by atoms with Gasteiger partial charge in [-0.25, -0.2) is 4.79 Å². The lowest BCUT2D eigenvalue weighted by molar-refractivity contribution is -0.121. The highest BCUT2D eigenvalue weighted by atomic mass is 35.5. The Morgan fingerprint density at radius 3 is 2.43 bits per heavy atom. The van der Waals surface area contributed by atoms with Gasteiger partial charge in [0.25, 0.3) is 0 Å². The molecule has 0 fully saturated rings. The summed E-state index contributed by atoms with van der Waals surface area (Å²) in [7, 11) is 0. The zero-order chi connectivity index (χ0) is 19.5. The molecule has 0 heterocycles. The standard InChI is InChI=1S/C20H26N4O3.ClH/c1-2-22-11-12-23-19(25)14-18(24-20(21)26)15-7-6-10-17(13-15)27-16-8-4-3-5-9-16;/h3-10,13,18,22H,2,11-12,14H2,1H3,(H,23,25)(H3,21,24,26);1H. The molecule has 3 amide bonds. The zero-order valence-electron chi connectivity index (χ0n) is 15.8. The number of nitrogens with one attached hydrogen (secondary N) is 3. The van der Waals surface area contributed by atoms with Gasteiger partial charge in [-0.15, -0.1) is 12.4 Å². The van der Waals surface area contributed by atoms with E-state index in [1.54, 1.807) is 6.07 Å². The lowest BCUT2D eigenvalue weighted by atomic mass is 10.0. The van der Waals surface area contributed by atoms with Crippen molar-refractivity contribution in [3.05, 3.63) is 60.2 Å². The number of hydrogen-bond donors (Lipinski definition) is 4. The highest BCUT2D eigenvalue weighted by molar-refractivity contribution is 5.85. The molecular formula is C20H27ClN4O3. The van der Waals surface area contributed by atoms with Gasteiger partial charge in [-0.3, -0.25) is 4.79 Å². The van der Waals surface area contributed by atoms with Gasteiger partial charge in [0.2, 0.25) is 5.91 Å². The monoisotopic (exact) mass is 406 g/mol. The Labute approximate surface area is 171 Å². The predicted octanol–water partition coefficient (Wildman–Crippen LogP) is 2.73. The average molecular weight is 407 g/mol. The molecule has 0 saturated heterocycles. The van der Waals surface area contributed by atoms with Crippen molar-refractivity contribution >= 4 is 24.3 Å². The summed E-state index contributed by atoms with van der Waals surface area (Å²) in [5.74, 6) is 1.15. The Kier molecular flexibility index (Phi) is 10.5. The van der Waals surface area contributed by atoms with E-state index in [2.05, 4.69) is 16.0 Å². The second kappa shape index (κ2) is 12.6. The van der Waals surface area contributed by atoms with Crippen LogP contribution < -0.4 is 26.4 Å². The Bertz CT molecular complexity index is 743. The Morgan fingerprint density at radius 1 is 1.04 bits per heavy atom. The second-order valence-corrected chi connectivity index (χ2v) is 5.96. The number of amides is 3. The number of benzene rings is 2. The third-order valence-electron chi connectivity index (χ3n) is 3.82. The van der Waals surface area contributed by atoms with E-state index in [0.717, 1.165) is 12.1 Å². The molecule has 2 aromatic carbocycles. The van der Waals surface area contributed by atoms with Crippen LogP contribution in [0.2, 0.25) is 0 Å². The predicted molar refractivity (Wildman–Crippen MR) is 112 cm³/mol. The normalized spacial score (nSPS) is 11.0. The summed E-state index contributed by atoms with van der Waals surface area (Å²) in [6.07, 6.45) is 0.0872. The van der Waals surface area contributed by atoms with E-state index in [1.165, 1.54) is 0 Å². The van der Waals surface area contributed by atoms with E-state index in [1.807, 2.05) is 55.5 Å². The molecule has 28 heavy (non-hydrogen) atoms. The van der Waals surface area contributed by atoms with Crippen LogP contribution in [-0.4, -0.2) is 31.6 Å². The number of carbonyl (C=O) groups is 2. The summed E-state index contributed by atoms with van der Waals surface area (Å²) in [5.41, 5.74) is 6.02. The quantitative estimate of drug-likeness (QED) is 0.455. The number of nitrogens with two attached hydrogens (primary N) is 1. The molecule has 0 aliphatic carbocycles. The molecule has 0 aliphatic heterocycles. The van der Waals surface area contributed by atoms with Gasteiger partial charge in [0.05, 0.1) is 12.5 Å². The van der Waals surface area contributed by atoms with Crippen molar-refractivity contribution < 1.29 is 14.3 Å². The van der Waals surface area contributed by atoms with E-state index in [-0.39, 0.29) is 24.7 Å².